The third kappa shape index (κ3) is 4.63. The number of halogens is 2. The first-order valence-electron chi connectivity index (χ1n) is 8.92. The van der Waals surface area contributed by atoms with Crippen LogP contribution in [0.1, 0.15) is 19.4 Å². The van der Waals surface area contributed by atoms with Crippen LogP contribution in [0.15, 0.2) is 55.6 Å². The van der Waals surface area contributed by atoms with Crippen LogP contribution in [0.4, 0.5) is 0 Å². The van der Waals surface area contributed by atoms with Crippen LogP contribution in [-0.2, 0) is 9.53 Å². The molecule has 1 heterocycles. The van der Waals surface area contributed by atoms with Gasteiger partial charge in [-0.3, -0.25) is 4.79 Å². The molecule has 0 aliphatic rings. The summed E-state index contributed by atoms with van der Waals surface area (Å²) in [5.41, 5.74) is -0.505. The van der Waals surface area contributed by atoms with Gasteiger partial charge < -0.3 is 14.5 Å². The van der Waals surface area contributed by atoms with Crippen LogP contribution in [0.25, 0.3) is 10.9 Å². The van der Waals surface area contributed by atoms with Gasteiger partial charge in [0.15, 0.2) is 6.10 Å². The molecule has 1 N–H and O–H groups in total. The van der Waals surface area contributed by atoms with Gasteiger partial charge in [0.1, 0.15) is 5.75 Å². The van der Waals surface area contributed by atoms with Crippen LogP contribution in [0.2, 0.25) is 5.02 Å². The molecule has 10 heteroatoms. The molecule has 0 aliphatic carbocycles. The molecule has 1 aromatic heterocycles. The fourth-order valence-corrected chi connectivity index (χ4v) is 3.59. The van der Waals surface area contributed by atoms with Crippen molar-refractivity contribution in [2.45, 2.75) is 20.0 Å². The molecule has 0 fully saturated rings. The fraction of sp³-hybridized carbons (Fsp3) is 0.200. The highest BCUT2D eigenvalue weighted by Crippen LogP contribution is 2.32. The van der Waals surface area contributed by atoms with Crippen molar-refractivity contribution in [3.63, 3.8) is 0 Å². The Labute approximate surface area is 184 Å². The molecule has 0 radical (unpaired) electrons. The van der Waals surface area contributed by atoms with Crippen molar-refractivity contribution in [1.82, 2.24) is 9.66 Å². The number of benzene rings is 2. The maximum absolute atomic E-state index is 12.6. The van der Waals surface area contributed by atoms with Crippen molar-refractivity contribution < 1.29 is 14.3 Å². The quantitative estimate of drug-likeness (QED) is 0.418. The van der Waals surface area contributed by atoms with E-state index in [0.717, 1.165) is 0 Å². The molecular formula is C20H17BrClN3O5. The number of nitrogens with one attached hydrogen (secondary N) is 1. The van der Waals surface area contributed by atoms with Crippen molar-refractivity contribution in [3.05, 3.63) is 72.3 Å². The number of carbonyl (C=O) groups excluding carboxylic acids is 1. The largest absolute Gasteiger partial charge is 0.477 e. The number of hydrogen-bond donors (Lipinski definition) is 1. The zero-order valence-corrected chi connectivity index (χ0v) is 18.4. The minimum atomic E-state index is -0.902. The first-order valence-corrected chi connectivity index (χ1v) is 10.1. The molecule has 1 atom stereocenters. The maximum Gasteiger partial charge on any atom is 0.349 e. The van der Waals surface area contributed by atoms with Crippen LogP contribution in [0, 0.1) is 0 Å². The number of hydrogen-bond acceptors (Lipinski definition) is 6. The summed E-state index contributed by atoms with van der Waals surface area (Å²) in [5, 5.41) is 4.69. The summed E-state index contributed by atoms with van der Waals surface area (Å²) >= 11 is 9.46. The number of esters is 1. The summed E-state index contributed by atoms with van der Waals surface area (Å²) in [4.78, 5) is 39.4. The lowest BCUT2D eigenvalue weighted by atomic mass is 10.2. The number of nitrogens with zero attached hydrogens (tertiary/aromatic N) is 2. The van der Waals surface area contributed by atoms with Gasteiger partial charge in [-0.1, -0.05) is 23.7 Å². The van der Waals surface area contributed by atoms with E-state index < -0.39 is 23.3 Å². The Morgan fingerprint density at radius 3 is 2.80 bits per heavy atom. The van der Waals surface area contributed by atoms with Crippen LogP contribution >= 0.6 is 27.5 Å². The van der Waals surface area contributed by atoms with Gasteiger partial charge in [-0.15, -0.1) is 4.68 Å². The molecule has 3 rings (SSSR count). The van der Waals surface area contributed by atoms with Crippen molar-refractivity contribution in [3.8, 4) is 5.75 Å². The summed E-state index contributed by atoms with van der Waals surface area (Å²) in [6.45, 7) is 3.45. The number of aromatic nitrogens is 2. The van der Waals surface area contributed by atoms with E-state index in [2.05, 4.69) is 26.0 Å². The summed E-state index contributed by atoms with van der Waals surface area (Å²) in [6.07, 6.45) is 0.358. The monoisotopic (exact) mass is 493 g/mol. The molecule has 156 valence electrons. The highest BCUT2D eigenvalue weighted by atomic mass is 79.9. The number of ether oxygens (including phenoxy) is 2. The van der Waals surface area contributed by atoms with E-state index in [4.69, 9.17) is 21.1 Å². The number of para-hydroxylation sites is 1. The zero-order chi connectivity index (χ0) is 21.8. The molecule has 0 amide bonds. The topological polar surface area (TPSA) is 103 Å². The molecule has 0 spiro atoms. The lowest BCUT2D eigenvalue weighted by molar-refractivity contribution is -0.150. The van der Waals surface area contributed by atoms with E-state index in [0.29, 0.717) is 30.6 Å². The Bertz CT molecular complexity index is 1250. The van der Waals surface area contributed by atoms with E-state index in [1.165, 1.54) is 12.3 Å². The Kier molecular flexibility index (Phi) is 6.73. The lowest BCUT2D eigenvalue weighted by Gasteiger charge is -2.16. The van der Waals surface area contributed by atoms with Gasteiger partial charge in [-0.25, -0.2) is 9.59 Å². The van der Waals surface area contributed by atoms with Gasteiger partial charge in [-0.05, 0) is 54.0 Å². The predicted octanol–water partition coefficient (Wildman–Crippen LogP) is 3.32. The lowest BCUT2D eigenvalue weighted by Crippen LogP contribution is -2.32. The van der Waals surface area contributed by atoms with Gasteiger partial charge in [0, 0.05) is 10.6 Å². The Morgan fingerprint density at radius 1 is 1.33 bits per heavy atom. The third-order valence-corrected chi connectivity index (χ3v) is 4.85. The van der Waals surface area contributed by atoms with E-state index in [1.54, 1.807) is 44.2 Å². The molecule has 0 saturated heterocycles. The fourth-order valence-electron chi connectivity index (χ4n) is 2.66. The second-order valence-electron chi connectivity index (χ2n) is 6.16. The Morgan fingerprint density at radius 2 is 2.07 bits per heavy atom. The minimum Gasteiger partial charge on any atom is -0.477 e. The van der Waals surface area contributed by atoms with Crippen LogP contribution in [0.3, 0.4) is 0 Å². The second-order valence-corrected chi connectivity index (χ2v) is 7.45. The third-order valence-electron chi connectivity index (χ3n) is 4.05. The summed E-state index contributed by atoms with van der Waals surface area (Å²) in [5.74, 6) is -0.279. The molecule has 0 bridgehead atoms. The van der Waals surface area contributed by atoms with E-state index in [9.17, 15) is 14.4 Å². The van der Waals surface area contributed by atoms with Crippen LogP contribution < -0.4 is 16.0 Å². The molecular weight excluding hydrogens is 478 g/mol. The number of carbonyl (C=O) groups is 1. The Hall–Kier alpha value is -2.91. The molecule has 0 aliphatic heterocycles. The van der Waals surface area contributed by atoms with Crippen LogP contribution in [0.5, 0.6) is 5.75 Å². The zero-order valence-electron chi connectivity index (χ0n) is 16.0. The van der Waals surface area contributed by atoms with Crippen molar-refractivity contribution >= 4 is 50.6 Å². The highest BCUT2D eigenvalue weighted by molar-refractivity contribution is 9.10. The van der Waals surface area contributed by atoms with Crippen molar-refractivity contribution in [2.24, 2.45) is 5.10 Å². The number of H-pyrrole nitrogens is 1. The first kappa shape index (κ1) is 21.8. The maximum atomic E-state index is 12.6. The van der Waals surface area contributed by atoms with Crippen LogP contribution in [-0.4, -0.2) is 34.6 Å². The molecule has 3 aromatic rings. The summed E-state index contributed by atoms with van der Waals surface area (Å²) < 4.78 is 11.8. The van der Waals surface area contributed by atoms with E-state index in [1.807, 2.05) is 0 Å². The number of aromatic amines is 1. The standard InChI is InChI=1S/C20H17BrClN3O5/c1-3-29-19(27)11(2)30-17-12(8-13(22)9-15(17)21)10-23-25-18(26)14-6-4-5-7-16(14)24-20(25)28/h4-11H,3H2,1-2H3,(H,24,28). The second kappa shape index (κ2) is 9.27. The summed E-state index contributed by atoms with van der Waals surface area (Å²) in [6, 6.07) is 9.73. The normalized spacial score (nSPS) is 12.3. The average molecular weight is 495 g/mol. The molecule has 0 saturated carbocycles. The van der Waals surface area contributed by atoms with Crippen molar-refractivity contribution in [2.75, 3.05) is 6.61 Å². The van der Waals surface area contributed by atoms with Gasteiger partial charge in [0.2, 0.25) is 0 Å². The van der Waals surface area contributed by atoms with Gasteiger partial charge >= 0.3 is 11.7 Å². The van der Waals surface area contributed by atoms with Gasteiger partial charge in [-0.2, -0.15) is 5.10 Å². The number of rotatable bonds is 6. The molecule has 2 aromatic carbocycles. The summed E-state index contributed by atoms with van der Waals surface area (Å²) in [7, 11) is 0. The van der Waals surface area contributed by atoms with Gasteiger partial charge in [0.25, 0.3) is 5.56 Å². The average Bonchev–Trinajstić information content (AvgIpc) is 2.70. The highest BCUT2D eigenvalue weighted by Gasteiger charge is 2.19. The SMILES string of the molecule is CCOC(=O)C(C)Oc1c(Br)cc(Cl)cc1C=Nn1c(=O)[nH]c2ccccc2c1=O. The van der Waals surface area contributed by atoms with Gasteiger partial charge in [0.05, 0.1) is 28.2 Å². The first-order chi connectivity index (χ1) is 14.3. The minimum absolute atomic E-state index is 0.219. The number of fused-ring (bicyclic) bond motifs is 1. The van der Waals surface area contributed by atoms with E-state index >= 15 is 0 Å². The van der Waals surface area contributed by atoms with Crippen molar-refractivity contribution in [1.29, 1.82) is 0 Å². The molecule has 30 heavy (non-hydrogen) atoms. The molecule has 1 unspecified atom stereocenters. The predicted molar refractivity (Wildman–Crippen MR) is 118 cm³/mol. The Balaban J connectivity index is 2.04. The smallest absolute Gasteiger partial charge is 0.349 e. The van der Waals surface area contributed by atoms with E-state index in [-0.39, 0.29) is 12.4 Å². The molecule has 8 nitrogen and oxygen atoms in total.